The molecule has 1 fully saturated rings. The van der Waals surface area contributed by atoms with Gasteiger partial charge >= 0.3 is 5.69 Å². The van der Waals surface area contributed by atoms with E-state index in [1.807, 2.05) is 37.3 Å². The second kappa shape index (κ2) is 9.26. The third kappa shape index (κ3) is 4.70. The Kier molecular flexibility index (Phi) is 6.74. The highest BCUT2D eigenvalue weighted by molar-refractivity contribution is 7.80. The molecule has 0 saturated heterocycles. The van der Waals surface area contributed by atoms with Crippen molar-refractivity contribution in [3.05, 3.63) is 56.7 Å². The first-order valence-corrected chi connectivity index (χ1v) is 10.6. The lowest BCUT2D eigenvalue weighted by Crippen LogP contribution is -2.50. The van der Waals surface area contributed by atoms with E-state index in [0.29, 0.717) is 17.6 Å². The van der Waals surface area contributed by atoms with Crippen molar-refractivity contribution in [1.82, 2.24) is 14.9 Å². The molecule has 2 aromatic rings. The summed E-state index contributed by atoms with van der Waals surface area (Å²) in [5.41, 5.74) is 6.39. The van der Waals surface area contributed by atoms with Gasteiger partial charge < -0.3 is 16.0 Å². The molecule has 0 bridgehead atoms. The summed E-state index contributed by atoms with van der Waals surface area (Å²) in [7, 11) is 0. The van der Waals surface area contributed by atoms with E-state index in [-0.39, 0.29) is 24.1 Å². The van der Waals surface area contributed by atoms with E-state index in [0.717, 1.165) is 18.4 Å². The van der Waals surface area contributed by atoms with Crippen molar-refractivity contribution in [2.24, 2.45) is 5.92 Å². The number of aromatic nitrogens is 2. The van der Waals surface area contributed by atoms with Crippen LogP contribution in [0.3, 0.4) is 0 Å². The molecule has 3 rings (SSSR count). The number of anilines is 2. The third-order valence-corrected chi connectivity index (χ3v) is 5.99. The van der Waals surface area contributed by atoms with Gasteiger partial charge in [-0.25, -0.2) is 4.79 Å². The number of rotatable bonds is 5. The maximum atomic E-state index is 12.6. The Balaban J connectivity index is 1.92. The van der Waals surface area contributed by atoms with Gasteiger partial charge in [0.2, 0.25) is 0 Å². The summed E-state index contributed by atoms with van der Waals surface area (Å²) in [4.78, 5) is 29.1. The Morgan fingerprint density at radius 3 is 2.62 bits per heavy atom. The number of aromatic amines is 1. The Hall–Kier alpha value is -2.61. The van der Waals surface area contributed by atoms with Gasteiger partial charge in [-0.05, 0) is 43.5 Å². The zero-order valence-corrected chi connectivity index (χ0v) is 17.8. The maximum Gasteiger partial charge on any atom is 0.330 e. The van der Waals surface area contributed by atoms with E-state index in [9.17, 15) is 9.59 Å². The van der Waals surface area contributed by atoms with Crippen LogP contribution in [0.1, 0.15) is 45.1 Å². The number of nitrogen functional groups attached to an aromatic ring is 1. The molecule has 1 aromatic carbocycles. The fraction of sp³-hybridized carbons (Fsp3) is 0.476. The SMILES string of the molecule is CCN(C(=S)N[C@@H]1CCCC[C@H]1C)c1c(N)n(Cc2ccccc2)c(=O)[nH]c1=O. The normalized spacial score (nSPS) is 19.0. The van der Waals surface area contributed by atoms with Crippen molar-refractivity contribution in [3.63, 3.8) is 0 Å². The molecule has 1 heterocycles. The van der Waals surface area contributed by atoms with Gasteiger partial charge in [0, 0.05) is 12.6 Å². The molecular formula is C21H29N5O2S. The number of nitrogens with zero attached hydrogens (tertiary/aromatic N) is 2. The molecule has 156 valence electrons. The number of nitrogens with two attached hydrogens (primary N) is 1. The lowest BCUT2D eigenvalue weighted by atomic mass is 9.86. The van der Waals surface area contributed by atoms with E-state index in [1.165, 1.54) is 17.4 Å². The molecule has 1 aliphatic rings. The van der Waals surface area contributed by atoms with Gasteiger partial charge in [0.05, 0.1) is 6.54 Å². The van der Waals surface area contributed by atoms with Crippen LogP contribution in [0, 0.1) is 5.92 Å². The molecule has 2 atom stereocenters. The van der Waals surface area contributed by atoms with E-state index in [4.69, 9.17) is 18.0 Å². The predicted octanol–water partition coefficient (Wildman–Crippen LogP) is 2.45. The quantitative estimate of drug-likeness (QED) is 0.649. The number of hydrogen-bond acceptors (Lipinski definition) is 4. The average molecular weight is 416 g/mol. The molecular weight excluding hydrogens is 386 g/mol. The summed E-state index contributed by atoms with van der Waals surface area (Å²) >= 11 is 5.63. The Labute approximate surface area is 175 Å². The number of H-pyrrole nitrogens is 1. The van der Waals surface area contributed by atoms with Gasteiger partial charge in [-0.1, -0.05) is 50.1 Å². The summed E-state index contributed by atoms with van der Waals surface area (Å²) in [6, 6.07) is 9.79. The van der Waals surface area contributed by atoms with Crippen molar-refractivity contribution in [3.8, 4) is 0 Å². The summed E-state index contributed by atoms with van der Waals surface area (Å²) in [5.74, 6) is 0.633. The minimum Gasteiger partial charge on any atom is -0.383 e. The van der Waals surface area contributed by atoms with E-state index >= 15 is 0 Å². The van der Waals surface area contributed by atoms with Gasteiger partial charge in [0.15, 0.2) is 10.8 Å². The number of benzene rings is 1. The van der Waals surface area contributed by atoms with Crippen LogP contribution < -0.4 is 27.2 Å². The van der Waals surface area contributed by atoms with Crippen LogP contribution in [0.25, 0.3) is 0 Å². The van der Waals surface area contributed by atoms with E-state index in [1.54, 1.807) is 4.90 Å². The van der Waals surface area contributed by atoms with Crippen molar-refractivity contribution in [2.45, 2.75) is 52.1 Å². The highest BCUT2D eigenvalue weighted by Crippen LogP contribution is 2.25. The predicted molar refractivity (Wildman–Crippen MR) is 121 cm³/mol. The number of hydrogen-bond donors (Lipinski definition) is 3. The second-order valence-corrected chi connectivity index (χ2v) is 8.01. The highest BCUT2D eigenvalue weighted by Gasteiger charge is 2.26. The van der Waals surface area contributed by atoms with Crippen LogP contribution in [-0.4, -0.2) is 27.3 Å². The zero-order chi connectivity index (χ0) is 21.0. The van der Waals surface area contributed by atoms with Gasteiger partial charge in [-0.2, -0.15) is 0 Å². The second-order valence-electron chi connectivity index (χ2n) is 7.63. The Morgan fingerprint density at radius 1 is 1.28 bits per heavy atom. The van der Waals surface area contributed by atoms with Gasteiger partial charge in [0.1, 0.15) is 5.82 Å². The molecule has 4 N–H and O–H groups in total. The molecule has 0 spiro atoms. The molecule has 0 radical (unpaired) electrons. The van der Waals surface area contributed by atoms with Crippen molar-refractivity contribution in [1.29, 1.82) is 0 Å². The van der Waals surface area contributed by atoms with Crippen LogP contribution in [0.4, 0.5) is 11.5 Å². The van der Waals surface area contributed by atoms with Gasteiger partial charge in [-0.15, -0.1) is 0 Å². The standard InChI is InChI=1S/C21H29N5O2S/c1-3-25(21(29)23-16-12-8-7-9-14(16)2)17-18(22)26(20(28)24-19(17)27)13-15-10-5-4-6-11-15/h4-6,10-11,14,16H,3,7-9,12-13,22H2,1-2H3,(H,23,29)(H,24,27,28)/t14-,16-/m1/s1. The third-order valence-electron chi connectivity index (χ3n) is 5.65. The minimum atomic E-state index is -0.532. The Bertz CT molecular complexity index is 969. The first-order chi connectivity index (χ1) is 13.9. The van der Waals surface area contributed by atoms with Crippen molar-refractivity contribution in [2.75, 3.05) is 17.2 Å². The maximum absolute atomic E-state index is 12.6. The first kappa shape index (κ1) is 21.1. The topological polar surface area (TPSA) is 96.2 Å². The van der Waals surface area contributed by atoms with Gasteiger partial charge in [-0.3, -0.25) is 14.3 Å². The molecule has 7 nitrogen and oxygen atoms in total. The first-order valence-electron chi connectivity index (χ1n) is 10.2. The molecule has 0 aliphatic heterocycles. The van der Waals surface area contributed by atoms with Crippen molar-refractivity contribution < 1.29 is 0 Å². The monoisotopic (exact) mass is 415 g/mol. The van der Waals surface area contributed by atoms with Crippen molar-refractivity contribution >= 4 is 28.8 Å². The molecule has 29 heavy (non-hydrogen) atoms. The molecule has 1 saturated carbocycles. The van der Waals surface area contributed by atoms with Crippen LogP contribution in [-0.2, 0) is 6.54 Å². The average Bonchev–Trinajstić information content (AvgIpc) is 2.70. The minimum absolute atomic E-state index is 0.116. The lowest BCUT2D eigenvalue weighted by Gasteiger charge is -2.34. The molecule has 0 amide bonds. The van der Waals surface area contributed by atoms with E-state index < -0.39 is 11.2 Å². The fourth-order valence-corrected chi connectivity index (χ4v) is 4.30. The summed E-state index contributed by atoms with van der Waals surface area (Å²) in [6.07, 6.45) is 4.62. The summed E-state index contributed by atoms with van der Waals surface area (Å²) < 4.78 is 1.38. The smallest absolute Gasteiger partial charge is 0.330 e. The molecule has 8 heteroatoms. The number of nitrogens with one attached hydrogen (secondary N) is 2. The summed E-state index contributed by atoms with van der Waals surface area (Å²) in [5, 5.41) is 3.88. The summed E-state index contributed by atoms with van der Waals surface area (Å²) in [6.45, 7) is 4.86. The largest absolute Gasteiger partial charge is 0.383 e. The molecule has 1 aromatic heterocycles. The van der Waals surface area contributed by atoms with Gasteiger partial charge in [0.25, 0.3) is 5.56 Å². The van der Waals surface area contributed by atoms with Crippen LogP contribution >= 0.6 is 12.2 Å². The molecule has 1 aliphatic carbocycles. The Morgan fingerprint density at radius 2 is 1.97 bits per heavy atom. The molecule has 0 unspecified atom stereocenters. The van der Waals surface area contributed by atoms with Crippen LogP contribution in [0.2, 0.25) is 0 Å². The van der Waals surface area contributed by atoms with Crippen LogP contribution in [0.5, 0.6) is 0 Å². The number of thiocarbonyl (C=S) groups is 1. The van der Waals surface area contributed by atoms with E-state index in [2.05, 4.69) is 17.2 Å². The lowest BCUT2D eigenvalue weighted by molar-refractivity contribution is 0.309. The fourth-order valence-electron chi connectivity index (χ4n) is 3.93. The van der Waals surface area contributed by atoms with Crippen LogP contribution in [0.15, 0.2) is 39.9 Å². The zero-order valence-electron chi connectivity index (χ0n) is 17.0. The highest BCUT2D eigenvalue weighted by atomic mass is 32.1.